The molecule has 2 aromatic carbocycles. The largest absolute Gasteiger partial charge is 0.495 e. The van der Waals surface area contributed by atoms with Crippen LogP contribution < -0.4 is 15.8 Å². The quantitative estimate of drug-likeness (QED) is 0.365. The number of fused-ring (bicyclic) bond motifs is 1. The van der Waals surface area contributed by atoms with E-state index in [2.05, 4.69) is 55.0 Å². The smallest absolute Gasteiger partial charge is 0.164 e. The number of nitrogen functional groups attached to an aromatic ring is 1. The zero-order chi connectivity index (χ0) is 26.8. The lowest BCUT2D eigenvalue weighted by Crippen LogP contribution is -2.49. The Bertz CT molecular complexity index is 1410. The van der Waals surface area contributed by atoms with Crippen molar-refractivity contribution in [2.45, 2.75) is 44.3 Å². The first-order valence-electron chi connectivity index (χ1n) is 14.0. The summed E-state index contributed by atoms with van der Waals surface area (Å²) >= 11 is 0. The number of benzene rings is 2. The monoisotopic (exact) mass is 526 g/mol. The van der Waals surface area contributed by atoms with Gasteiger partial charge in [0.05, 0.1) is 24.2 Å². The third kappa shape index (κ3) is 5.29. The fourth-order valence-corrected chi connectivity index (χ4v) is 6.08. The van der Waals surface area contributed by atoms with E-state index in [0.29, 0.717) is 24.4 Å². The number of nitrogens with two attached hydrogens (primary N) is 1. The van der Waals surface area contributed by atoms with Crippen LogP contribution in [0.15, 0.2) is 54.9 Å². The fraction of sp³-hybridized carbons (Fsp3) is 0.433. The minimum absolute atomic E-state index is 0.299. The molecule has 3 N–H and O–H groups in total. The van der Waals surface area contributed by atoms with Crippen LogP contribution in [0.2, 0.25) is 0 Å². The minimum atomic E-state index is 0.299. The lowest BCUT2D eigenvalue weighted by molar-refractivity contribution is 0.0815. The molecule has 6 rings (SSSR count). The highest BCUT2D eigenvalue weighted by atomic mass is 16.5. The molecule has 9 heteroatoms. The van der Waals surface area contributed by atoms with Gasteiger partial charge in [-0.1, -0.05) is 36.4 Å². The van der Waals surface area contributed by atoms with Gasteiger partial charge in [0.15, 0.2) is 5.65 Å². The van der Waals surface area contributed by atoms with Crippen LogP contribution in [0.25, 0.3) is 22.3 Å². The summed E-state index contributed by atoms with van der Waals surface area (Å²) in [5.74, 6) is 1.21. The first-order valence-corrected chi connectivity index (χ1v) is 14.0. The van der Waals surface area contributed by atoms with Crippen molar-refractivity contribution < 1.29 is 4.74 Å². The molecular formula is C30H38N8O. The SMILES string of the molecule is COc1cc(-c2nn(C3CCC(N4CCN(C)CC4)CC3)c3ncnc(N)c23)ccc1NCc1ccccc1. The average molecular weight is 527 g/mol. The number of nitrogens with one attached hydrogen (secondary N) is 1. The zero-order valence-corrected chi connectivity index (χ0v) is 22.9. The molecule has 2 aromatic heterocycles. The molecule has 0 amide bonds. The van der Waals surface area contributed by atoms with Gasteiger partial charge >= 0.3 is 0 Å². The van der Waals surface area contributed by atoms with Crippen molar-refractivity contribution in [2.75, 3.05) is 51.4 Å². The van der Waals surface area contributed by atoms with Crippen LogP contribution in [0.1, 0.15) is 37.3 Å². The van der Waals surface area contributed by atoms with Gasteiger partial charge in [0.25, 0.3) is 0 Å². The number of hydrogen-bond donors (Lipinski definition) is 2. The van der Waals surface area contributed by atoms with Gasteiger partial charge in [-0.15, -0.1) is 0 Å². The maximum Gasteiger partial charge on any atom is 0.164 e. The fourth-order valence-electron chi connectivity index (χ4n) is 6.08. The number of nitrogens with zero attached hydrogens (tertiary/aromatic N) is 6. The second kappa shape index (κ2) is 11.2. The molecule has 4 aromatic rings. The maximum atomic E-state index is 6.42. The van der Waals surface area contributed by atoms with Crippen molar-refractivity contribution in [1.29, 1.82) is 0 Å². The van der Waals surface area contributed by atoms with E-state index in [4.69, 9.17) is 15.6 Å². The van der Waals surface area contributed by atoms with E-state index >= 15 is 0 Å². The van der Waals surface area contributed by atoms with Crippen molar-refractivity contribution in [3.05, 3.63) is 60.4 Å². The van der Waals surface area contributed by atoms with Crippen molar-refractivity contribution in [2.24, 2.45) is 0 Å². The van der Waals surface area contributed by atoms with E-state index in [-0.39, 0.29) is 0 Å². The van der Waals surface area contributed by atoms with E-state index in [0.717, 1.165) is 59.7 Å². The summed E-state index contributed by atoms with van der Waals surface area (Å²) in [4.78, 5) is 14.1. The molecule has 0 atom stereocenters. The normalized spacial score (nSPS) is 20.8. The van der Waals surface area contributed by atoms with Crippen LogP contribution in [-0.4, -0.2) is 75.9 Å². The molecule has 1 aliphatic heterocycles. The van der Waals surface area contributed by atoms with E-state index in [1.165, 1.54) is 31.5 Å². The predicted molar refractivity (Wildman–Crippen MR) is 156 cm³/mol. The minimum Gasteiger partial charge on any atom is -0.495 e. The summed E-state index contributed by atoms with van der Waals surface area (Å²) in [5, 5.41) is 9.43. The Morgan fingerprint density at radius 3 is 2.44 bits per heavy atom. The lowest BCUT2D eigenvalue weighted by atomic mass is 9.90. The molecule has 3 heterocycles. The Balaban J connectivity index is 1.25. The number of piperazine rings is 1. The van der Waals surface area contributed by atoms with Gasteiger partial charge in [0.1, 0.15) is 23.6 Å². The summed E-state index contributed by atoms with van der Waals surface area (Å²) < 4.78 is 7.88. The molecule has 39 heavy (non-hydrogen) atoms. The number of methoxy groups -OCH3 is 1. The molecule has 0 spiro atoms. The molecule has 1 saturated heterocycles. The topological polar surface area (TPSA) is 97.4 Å². The summed E-state index contributed by atoms with van der Waals surface area (Å²) in [6, 6.07) is 17.4. The Kier molecular flexibility index (Phi) is 7.34. The Labute approximate surface area is 230 Å². The second-order valence-corrected chi connectivity index (χ2v) is 10.8. The number of hydrogen-bond acceptors (Lipinski definition) is 8. The molecule has 0 bridgehead atoms. The molecule has 2 aliphatic rings. The third-order valence-electron chi connectivity index (χ3n) is 8.39. The van der Waals surface area contributed by atoms with Crippen molar-refractivity contribution in [1.82, 2.24) is 29.5 Å². The summed E-state index contributed by atoms with van der Waals surface area (Å²) in [5.41, 5.74) is 11.1. The zero-order valence-electron chi connectivity index (χ0n) is 22.9. The lowest BCUT2D eigenvalue weighted by Gasteiger charge is -2.41. The van der Waals surface area contributed by atoms with E-state index in [1.54, 1.807) is 13.4 Å². The van der Waals surface area contributed by atoms with E-state index in [9.17, 15) is 0 Å². The average Bonchev–Trinajstić information content (AvgIpc) is 3.38. The number of aromatic nitrogens is 4. The Hall–Kier alpha value is -3.69. The molecule has 9 nitrogen and oxygen atoms in total. The highest BCUT2D eigenvalue weighted by Crippen LogP contribution is 2.39. The molecule has 204 valence electrons. The standard InChI is InChI=1S/C30H38N8O/c1-36-14-16-37(17-15-36)23-9-11-24(12-10-23)38-30-27(29(31)33-20-34-30)28(35-38)22-8-13-25(26(18-22)39-2)32-19-21-6-4-3-5-7-21/h3-8,13,18,20,23-24,32H,9-12,14-17,19H2,1-2H3,(H2,31,33,34). The second-order valence-electron chi connectivity index (χ2n) is 10.8. The molecular weight excluding hydrogens is 488 g/mol. The number of ether oxygens (including phenoxy) is 1. The Morgan fingerprint density at radius 1 is 0.949 bits per heavy atom. The summed E-state index contributed by atoms with van der Waals surface area (Å²) in [6.07, 6.45) is 6.08. The molecule has 1 aliphatic carbocycles. The van der Waals surface area contributed by atoms with Gasteiger partial charge in [-0.05, 0) is 50.4 Å². The van der Waals surface area contributed by atoms with Crippen molar-refractivity contribution >= 4 is 22.5 Å². The van der Waals surface area contributed by atoms with Gasteiger partial charge in [-0.3, -0.25) is 4.90 Å². The summed E-state index contributed by atoms with van der Waals surface area (Å²) in [6.45, 7) is 5.37. The van der Waals surface area contributed by atoms with Crippen LogP contribution in [0.3, 0.4) is 0 Å². The van der Waals surface area contributed by atoms with Gasteiger partial charge in [0.2, 0.25) is 0 Å². The number of likely N-dealkylation sites (N-methyl/N-ethyl adjacent to an activating group) is 1. The molecule has 0 unspecified atom stereocenters. The first kappa shape index (κ1) is 25.6. The molecule has 2 fully saturated rings. The third-order valence-corrected chi connectivity index (χ3v) is 8.39. The maximum absolute atomic E-state index is 6.42. The van der Waals surface area contributed by atoms with Crippen LogP contribution in [-0.2, 0) is 6.54 Å². The van der Waals surface area contributed by atoms with E-state index in [1.807, 2.05) is 30.3 Å². The van der Waals surface area contributed by atoms with Crippen LogP contribution in [0.4, 0.5) is 11.5 Å². The number of rotatable bonds is 7. The van der Waals surface area contributed by atoms with E-state index < -0.39 is 0 Å². The van der Waals surface area contributed by atoms with Gasteiger partial charge < -0.3 is 20.7 Å². The van der Waals surface area contributed by atoms with Crippen molar-refractivity contribution in [3.63, 3.8) is 0 Å². The van der Waals surface area contributed by atoms with Gasteiger partial charge in [-0.25, -0.2) is 14.6 Å². The summed E-state index contributed by atoms with van der Waals surface area (Å²) in [7, 11) is 3.91. The number of anilines is 2. The Morgan fingerprint density at radius 2 is 1.69 bits per heavy atom. The first-order chi connectivity index (χ1) is 19.1. The van der Waals surface area contributed by atoms with Gasteiger partial charge in [-0.2, -0.15) is 5.10 Å². The molecule has 0 radical (unpaired) electrons. The predicted octanol–water partition coefficient (Wildman–Crippen LogP) is 4.43. The van der Waals surface area contributed by atoms with Gasteiger partial charge in [0, 0.05) is 44.3 Å². The van der Waals surface area contributed by atoms with Crippen LogP contribution in [0.5, 0.6) is 5.75 Å². The van der Waals surface area contributed by atoms with Crippen LogP contribution >= 0.6 is 0 Å². The van der Waals surface area contributed by atoms with Crippen molar-refractivity contribution in [3.8, 4) is 17.0 Å². The van der Waals surface area contributed by atoms with Crippen LogP contribution in [0, 0.1) is 0 Å². The molecule has 1 saturated carbocycles. The highest BCUT2D eigenvalue weighted by Gasteiger charge is 2.30. The highest BCUT2D eigenvalue weighted by molar-refractivity contribution is 5.98.